The van der Waals surface area contributed by atoms with Gasteiger partial charge >= 0.3 is 6.01 Å². The van der Waals surface area contributed by atoms with Gasteiger partial charge in [-0.25, -0.2) is 4.98 Å². The Labute approximate surface area is 113 Å². The first-order valence-corrected chi connectivity index (χ1v) is 6.86. The Balaban J connectivity index is 1.74. The highest BCUT2D eigenvalue weighted by atomic mass is 32.1. The zero-order chi connectivity index (χ0) is 13.1. The standard InChI is InChI=1S/C12H13N5OS/c1-2-13-6-11-16-17-12(18-11)15-8-3-4-9-10(5-8)19-7-14-9/h3-5,7,13H,2,6H2,1H3,(H,15,17). The lowest BCUT2D eigenvalue weighted by Crippen LogP contribution is -2.11. The van der Waals surface area contributed by atoms with Gasteiger partial charge in [-0.3, -0.25) is 0 Å². The largest absolute Gasteiger partial charge is 0.406 e. The highest BCUT2D eigenvalue weighted by Crippen LogP contribution is 2.23. The second kappa shape index (κ2) is 5.33. The van der Waals surface area contributed by atoms with Gasteiger partial charge in [-0.2, -0.15) is 0 Å². The van der Waals surface area contributed by atoms with Gasteiger partial charge in [-0.05, 0) is 24.7 Å². The first kappa shape index (κ1) is 12.1. The van der Waals surface area contributed by atoms with E-state index < -0.39 is 0 Å². The maximum Gasteiger partial charge on any atom is 0.320 e. The second-order valence-corrected chi connectivity index (χ2v) is 4.83. The van der Waals surface area contributed by atoms with Crippen molar-refractivity contribution in [2.45, 2.75) is 13.5 Å². The van der Waals surface area contributed by atoms with Crippen LogP contribution in [-0.4, -0.2) is 21.7 Å². The number of nitrogens with zero attached hydrogens (tertiary/aromatic N) is 3. The van der Waals surface area contributed by atoms with E-state index in [1.807, 2.05) is 30.6 Å². The molecule has 0 atom stereocenters. The fourth-order valence-corrected chi connectivity index (χ4v) is 2.38. The van der Waals surface area contributed by atoms with Crippen molar-refractivity contribution in [2.75, 3.05) is 11.9 Å². The van der Waals surface area contributed by atoms with Crippen molar-refractivity contribution in [3.05, 3.63) is 29.6 Å². The Morgan fingerprint density at radius 1 is 1.32 bits per heavy atom. The molecule has 0 bridgehead atoms. The van der Waals surface area contributed by atoms with Crippen LogP contribution in [0.15, 0.2) is 28.1 Å². The van der Waals surface area contributed by atoms with Crippen molar-refractivity contribution in [2.24, 2.45) is 0 Å². The van der Waals surface area contributed by atoms with Crippen LogP contribution in [0.1, 0.15) is 12.8 Å². The van der Waals surface area contributed by atoms with Crippen LogP contribution < -0.4 is 10.6 Å². The van der Waals surface area contributed by atoms with E-state index in [1.165, 1.54) is 0 Å². The van der Waals surface area contributed by atoms with Crippen LogP contribution in [0.4, 0.5) is 11.7 Å². The van der Waals surface area contributed by atoms with Crippen LogP contribution in [0, 0.1) is 0 Å². The number of anilines is 2. The summed E-state index contributed by atoms with van der Waals surface area (Å²) in [4.78, 5) is 4.24. The molecule has 0 saturated carbocycles. The first-order valence-electron chi connectivity index (χ1n) is 5.98. The number of thiazole rings is 1. The maximum absolute atomic E-state index is 5.48. The van der Waals surface area contributed by atoms with E-state index in [4.69, 9.17) is 4.42 Å². The maximum atomic E-state index is 5.48. The smallest absolute Gasteiger partial charge is 0.320 e. The minimum atomic E-state index is 0.400. The number of hydrogen-bond acceptors (Lipinski definition) is 7. The second-order valence-electron chi connectivity index (χ2n) is 3.94. The third-order valence-electron chi connectivity index (χ3n) is 2.58. The fourth-order valence-electron chi connectivity index (χ4n) is 1.66. The lowest BCUT2D eigenvalue weighted by Gasteiger charge is -2.00. The molecular weight excluding hydrogens is 262 g/mol. The lowest BCUT2D eigenvalue weighted by atomic mass is 10.3. The third-order valence-corrected chi connectivity index (χ3v) is 3.37. The van der Waals surface area contributed by atoms with E-state index in [9.17, 15) is 0 Å². The summed E-state index contributed by atoms with van der Waals surface area (Å²) in [5, 5.41) is 14.1. The molecule has 6 nitrogen and oxygen atoms in total. The van der Waals surface area contributed by atoms with Gasteiger partial charge in [0.2, 0.25) is 5.89 Å². The molecule has 0 unspecified atom stereocenters. The van der Waals surface area contributed by atoms with Gasteiger partial charge in [-0.15, -0.1) is 16.4 Å². The number of aromatic nitrogens is 3. The van der Waals surface area contributed by atoms with E-state index >= 15 is 0 Å². The summed E-state index contributed by atoms with van der Waals surface area (Å²) in [6.07, 6.45) is 0. The van der Waals surface area contributed by atoms with Crippen molar-refractivity contribution in [1.82, 2.24) is 20.5 Å². The quantitative estimate of drug-likeness (QED) is 0.745. The minimum Gasteiger partial charge on any atom is -0.406 e. The molecule has 0 aliphatic carbocycles. The Bertz CT molecular complexity index is 677. The van der Waals surface area contributed by atoms with E-state index in [2.05, 4.69) is 25.8 Å². The van der Waals surface area contributed by atoms with E-state index in [0.29, 0.717) is 18.5 Å². The van der Waals surface area contributed by atoms with Gasteiger partial charge in [-0.1, -0.05) is 12.0 Å². The van der Waals surface area contributed by atoms with Crippen molar-refractivity contribution in [3.8, 4) is 0 Å². The van der Waals surface area contributed by atoms with Gasteiger partial charge in [0.1, 0.15) is 0 Å². The third kappa shape index (κ3) is 2.72. The first-order chi connectivity index (χ1) is 9.35. The SMILES string of the molecule is CCNCc1nnc(Nc2ccc3ncsc3c2)o1. The number of benzene rings is 1. The molecule has 0 saturated heterocycles. The average Bonchev–Trinajstić information content (AvgIpc) is 3.05. The highest BCUT2D eigenvalue weighted by molar-refractivity contribution is 7.16. The molecule has 1 aromatic carbocycles. The van der Waals surface area contributed by atoms with Crippen molar-refractivity contribution in [1.29, 1.82) is 0 Å². The molecule has 0 radical (unpaired) electrons. The monoisotopic (exact) mass is 275 g/mol. The Hall–Kier alpha value is -1.99. The van der Waals surface area contributed by atoms with Gasteiger partial charge in [0.25, 0.3) is 0 Å². The highest BCUT2D eigenvalue weighted by Gasteiger charge is 2.06. The molecule has 7 heteroatoms. The molecule has 3 aromatic rings. The molecule has 2 aromatic heterocycles. The summed E-state index contributed by atoms with van der Waals surface area (Å²) in [7, 11) is 0. The van der Waals surface area contributed by atoms with Crippen molar-refractivity contribution >= 4 is 33.3 Å². The van der Waals surface area contributed by atoms with Crippen molar-refractivity contribution < 1.29 is 4.42 Å². The molecule has 19 heavy (non-hydrogen) atoms. The van der Waals surface area contributed by atoms with Crippen LogP contribution in [0.25, 0.3) is 10.2 Å². The predicted molar refractivity (Wildman–Crippen MR) is 74.6 cm³/mol. The molecule has 0 aliphatic rings. The molecule has 2 N–H and O–H groups in total. The molecule has 3 rings (SSSR count). The summed E-state index contributed by atoms with van der Waals surface area (Å²) in [5.74, 6) is 0.572. The van der Waals surface area contributed by atoms with Crippen molar-refractivity contribution in [3.63, 3.8) is 0 Å². The predicted octanol–water partition coefficient (Wildman–Crippen LogP) is 2.53. The summed E-state index contributed by atoms with van der Waals surface area (Å²) < 4.78 is 6.60. The van der Waals surface area contributed by atoms with Crippen LogP contribution >= 0.6 is 11.3 Å². The number of rotatable bonds is 5. The summed E-state index contributed by atoms with van der Waals surface area (Å²) in [6.45, 7) is 3.48. The van der Waals surface area contributed by atoms with Crippen LogP contribution in [0.3, 0.4) is 0 Å². The number of nitrogens with one attached hydrogen (secondary N) is 2. The fraction of sp³-hybridized carbons (Fsp3) is 0.250. The molecule has 0 amide bonds. The van der Waals surface area contributed by atoms with Crippen LogP contribution in [0.5, 0.6) is 0 Å². The summed E-state index contributed by atoms with van der Waals surface area (Å²) >= 11 is 1.60. The van der Waals surface area contributed by atoms with Gasteiger partial charge in [0.15, 0.2) is 0 Å². The average molecular weight is 275 g/mol. The summed E-state index contributed by atoms with van der Waals surface area (Å²) in [5.41, 5.74) is 3.74. The zero-order valence-electron chi connectivity index (χ0n) is 10.4. The molecular formula is C12H13N5OS. The lowest BCUT2D eigenvalue weighted by molar-refractivity contribution is 0.484. The van der Waals surface area contributed by atoms with E-state index in [-0.39, 0.29) is 0 Å². The normalized spacial score (nSPS) is 11.0. The Kier molecular flexibility index (Phi) is 3.39. The molecule has 98 valence electrons. The van der Waals surface area contributed by atoms with E-state index in [1.54, 1.807) is 11.3 Å². The van der Waals surface area contributed by atoms with Gasteiger partial charge in [0, 0.05) is 5.69 Å². The molecule has 0 spiro atoms. The van der Waals surface area contributed by atoms with Gasteiger partial charge < -0.3 is 15.1 Å². The minimum absolute atomic E-state index is 0.400. The van der Waals surface area contributed by atoms with Crippen LogP contribution in [0.2, 0.25) is 0 Å². The molecule has 2 heterocycles. The van der Waals surface area contributed by atoms with Gasteiger partial charge in [0.05, 0.1) is 22.3 Å². The molecule has 0 fully saturated rings. The Morgan fingerprint density at radius 2 is 2.26 bits per heavy atom. The number of hydrogen-bond donors (Lipinski definition) is 2. The van der Waals surface area contributed by atoms with Crippen LogP contribution in [-0.2, 0) is 6.54 Å². The molecule has 0 aliphatic heterocycles. The van der Waals surface area contributed by atoms with E-state index in [0.717, 1.165) is 22.4 Å². The number of fused-ring (bicyclic) bond motifs is 1. The topological polar surface area (TPSA) is 75.9 Å². The zero-order valence-corrected chi connectivity index (χ0v) is 11.2. The summed E-state index contributed by atoms with van der Waals surface area (Å²) in [6, 6.07) is 6.32. The Morgan fingerprint density at radius 3 is 3.16 bits per heavy atom.